The van der Waals surface area contributed by atoms with Crippen molar-refractivity contribution in [1.29, 1.82) is 0 Å². The number of hydrogen-bond acceptors (Lipinski definition) is 3. The Hall–Kier alpha value is -1.80. The Morgan fingerprint density at radius 1 is 1.24 bits per heavy atom. The van der Waals surface area contributed by atoms with Crippen molar-refractivity contribution >= 4 is 29.1 Å². The zero-order valence-electron chi connectivity index (χ0n) is 14.3. The average Bonchev–Trinajstić information content (AvgIpc) is 2.48. The maximum atomic E-state index is 13.0. The van der Waals surface area contributed by atoms with Gasteiger partial charge in [-0.25, -0.2) is 0 Å². The summed E-state index contributed by atoms with van der Waals surface area (Å²) in [6.45, 7) is 2.01. The average molecular weight is 380 g/mol. The van der Waals surface area contributed by atoms with Crippen LogP contribution in [0.2, 0.25) is 5.02 Å². The van der Waals surface area contributed by atoms with Gasteiger partial charge in [-0.2, -0.15) is 13.2 Å². The summed E-state index contributed by atoms with van der Waals surface area (Å²) in [5, 5.41) is 2.18. The van der Waals surface area contributed by atoms with Crippen molar-refractivity contribution in [3.8, 4) is 0 Å². The van der Waals surface area contributed by atoms with Gasteiger partial charge in [-0.3, -0.25) is 9.59 Å². The Labute approximate surface area is 149 Å². The van der Waals surface area contributed by atoms with E-state index in [-0.39, 0.29) is 12.2 Å². The number of amides is 2. The number of hydrogen-bond donors (Lipinski definition) is 1. The van der Waals surface area contributed by atoms with E-state index in [2.05, 4.69) is 5.32 Å². The van der Waals surface area contributed by atoms with Crippen molar-refractivity contribution in [1.82, 2.24) is 10.2 Å². The molecule has 0 atom stereocenters. The Balaban J connectivity index is 2.84. The highest BCUT2D eigenvalue weighted by Gasteiger charge is 2.34. The summed E-state index contributed by atoms with van der Waals surface area (Å²) in [5.41, 5.74) is -1.09. The lowest BCUT2D eigenvalue weighted by molar-refractivity contribution is -0.137. The lowest BCUT2D eigenvalue weighted by Gasteiger charge is -2.22. The molecule has 0 unspecified atom stereocenters. The minimum absolute atomic E-state index is 0.0346. The van der Waals surface area contributed by atoms with E-state index in [0.717, 1.165) is 30.0 Å². The second kappa shape index (κ2) is 9.05. The van der Waals surface area contributed by atoms with Gasteiger partial charge in [0.1, 0.15) is 6.54 Å². The predicted molar refractivity (Wildman–Crippen MR) is 90.7 cm³/mol. The molecule has 0 radical (unpaired) electrons. The van der Waals surface area contributed by atoms with Gasteiger partial charge in [-0.1, -0.05) is 11.6 Å². The van der Waals surface area contributed by atoms with Crippen LogP contribution in [0.3, 0.4) is 0 Å². The molecular weight excluding hydrogens is 359 g/mol. The minimum Gasteiger partial charge on any atom is -0.355 e. The highest BCUT2D eigenvalue weighted by molar-refractivity contribution is 6.31. The quantitative estimate of drug-likeness (QED) is 0.741. The third-order valence-corrected chi connectivity index (χ3v) is 3.68. The van der Waals surface area contributed by atoms with Crippen molar-refractivity contribution in [3.05, 3.63) is 28.8 Å². The fraction of sp³-hybridized carbons (Fsp3) is 0.500. The fourth-order valence-electron chi connectivity index (χ4n) is 2.11. The van der Waals surface area contributed by atoms with Gasteiger partial charge in [0.15, 0.2) is 0 Å². The molecule has 0 fully saturated rings. The van der Waals surface area contributed by atoms with Crippen LogP contribution in [0.1, 0.15) is 18.9 Å². The highest BCUT2D eigenvalue weighted by atomic mass is 35.5. The number of nitrogens with one attached hydrogen (secondary N) is 1. The van der Waals surface area contributed by atoms with E-state index in [9.17, 15) is 22.8 Å². The smallest absolute Gasteiger partial charge is 0.355 e. The highest BCUT2D eigenvalue weighted by Crippen LogP contribution is 2.36. The number of carbonyl (C=O) groups is 2. The van der Waals surface area contributed by atoms with Gasteiger partial charge in [-0.15, -0.1) is 0 Å². The lowest BCUT2D eigenvalue weighted by atomic mass is 10.1. The van der Waals surface area contributed by atoms with Crippen LogP contribution >= 0.6 is 11.6 Å². The van der Waals surface area contributed by atoms with Gasteiger partial charge in [-0.05, 0) is 45.3 Å². The van der Waals surface area contributed by atoms with Crippen LogP contribution in [-0.2, 0) is 15.8 Å². The van der Waals surface area contributed by atoms with Crippen molar-refractivity contribution < 1.29 is 22.8 Å². The van der Waals surface area contributed by atoms with E-state index in [4.69, 9.17) is 11.6 Å². The summed E-state index contributed by atoms with van der Waals surface area (Å²) in [5.74, 6) is -0.989. The molecule has 0 aliphatic heterocycles. The monoisotopic (exact) mass is 379 g/mol. The molecule has 1 aromatic carbocycles. The van der Waals surface area contributed by atoms with Crippen molar-refractivity contribution in [2.45, 2.75) is 19.5 Å². The molecule has 0 aliphatic carbocycles. The molecule has 25 heavy (non-hydrogen) atoms. The Morgan fingerprint density at radius 3 is 2.40 bits per heavy atom. The SMILES string of the molecule is CC(=O)N(CC(=O)NCCCN(C)C)c1ccc(Cl)c(C(F)(F)F)c1. The largest absolute Gasteiger partial charge is 0.417 e. The molecule has 140 valence electrons. The maximum absolute atomic E-state index is 13.0. The van der Waals surface area contributed by atoms with Crippen LogP contribution in [0.25, 0.3) is 0 Å². The fourth-order valence-corrected chi connectivity index (χ4v) is 2.33. The molecule has 5 nitrogen and oxygen atoms in total. The molecule has 1 aromatic rings. The summed E-state index contributed by atoms with van der Waals surface area (Å²) in [4.78, 5) is 26.7. The van der Waals surface area contributed by atoms with E-state index in [0.29, 0.717) is 6.54 Å². The summed E-state index contributed by atoms with van der Waals surface area (Å²) in [6.07, 6.45) is -3.93. The summed E-state index contributed by atoms with van der Waals surface area (Å²) in [6, 6.07) is 3.10. The van der Waals surface area contributed by atoms with Crippen LogP contribution in [0.5, 0.6) is 0 Å². The summed E-state index contributed by atoms with van der Waals surface area (Å²) < 4.78 is 38.9. The summed E-state index contributed by atoms with van der Waals surface area (Å²) >= 11 is 5.57. The molecule has 9 heteroatoms. The number of benzene rings is 1. The van der Waals surface area contributed by atoms with Crippen molar-refractivity contribution in [2.24, 2.45) is 0 Å². The third-order valence-electron chi connectivity index (χ3n) is 3.35. The van der Waals surface area contributed by atoms with Gasteiger partial charge < -0.3 is 15.1 Å². The molecule has 0 saturated heterocycles. The number of carbonyl (C=O) groups excluding carboxylic acids is 2. The number of nitrogens with zero attached hydrogens (tertiary/aromatic N) is 2. The van der Waals surface area contributed by atoms with Gasteiger partial charge >= 0.3 is 6.18 Å². The van der Waals surface area contributed by atoms with Gasteiger partial charge in [0.05, 0.1) is 10.6 Å². The molecule has 2 amide bonds. The number of anilines is 1. The lowest BCUT2D eigenvalue weighted by Crippen LogP contribution is -2.40. The van der Waals surface area contributed by atoms with Crippen molar-refractivity contribution in [2.75, 3.05) is 38.6 Å². The zero-order chi connectivity index (χ0) is 19.2. The Kier molecular flexibility index (Phi) is 7.69. The van der Waals surface area contributed by atoms with E-state index < -0.39 is 28.6 Å². The van der Waals surface area contributed by atoms with Crippen LogP contribution in [0.15, 0.2) is 18.2 Å². The van der Waals surface area contributed by atoms with Gasteiger partial charge in [0.2, 0.25) is 11.8 Å². The first kappa shape index (κ1) is 21.2. The zero-order valence-corrected chi connectivity index (χ0v) is 15.0. The first-order valence-corrected chi connectivity index (χ1v) is 7.96. The van der Waals surface area contributed by atoms with Crippen LogP contribution in [0.4, 0.5) is 18.9 Å². The van der Waals surface area contributed by atoms with E-state index in [1.165, 1.54) is 13.0 Å². The molecule has 0 bridgehead atoms. The Bertz CT molecular complexity index is 621. The second-order valence-electron chi connectivity index (χ2n) is 5.77. The van der Waals surface area contributed by atoms with Gasteiger partial charge in [0, 0.05) is 19.2 Å². The van der Waals surface area contributed by atoms with E-state index in [1.54, 1.807) is 0 Å². The first-order chi connectivity index (χ1) is 11.5. The summed E-state index contributed by atoms with van der Waals surface area (Å²) in [7, 11) is 3.80. The van der Waals surface area contributed by atoms with Crippen molar-refractivity contribution in [3.63, 3.8) is 0 Å². The second-order valence-corrected chi connectivity index (χ2v) is 6.18. The minimum atomic E-state index is -4.65. The normalized spacial score (nSPS) is 11.5. The first-order valence-electron chi connectivity index (χ1n) is 7.58. The van der Waals surface area contributed by atoms with E-state index in [1.807, 2.05) is 19.0 Å². The standard InChI is InChI=1S/C16H21ClF3N3O2/c1-11(24)23(10-15(25)21-7-4-8-22(2)3)12-5-6-14(17)13(9-12)16(18,19)20/h5-6,9H,4,7-8,10H2,1-3H3,(H,21,25). The number of halogens is 4. The molecule has 0 spiro atoms. The molecule has 1 rings (SSSR count). The predicted octanol–water partition coefficient (Wildman–Crippen LogP) is 2.78. The molecule has 0 heterocycles. The Morgan fingerprint density at radius 2 is 1.88 bits per heavy atom. The van der Waals surface area contributed by atoms with Crippen LogP contribution in [0, 0.1) is 0 Å². The molecule has 0 aromatic heterocycles. The molecule has 0 saturated carbocycles. The number of alkyl halides is 3. The third kappa shape index (κ3) is 6.91. The molecule has 1 N–H and O–H groups in total. The van der Waals surface area contributed by atoms with Crippen LogP contribution < -0.4 is 10.2 Å². The number of rotatable bonds is 7. The topological polar surface area (TPSA) is 52.7 Å². The molecule has 0 aliphatic rings. The van der Waals surface area contributed by atoms with E-state index >= 15 is 0 Å². The maximum Gasteiger partial charge on any atom is 0.417 e. The molecular formula is C16H21ClF3N3O2. The van der Waals surface area contributed by atoms with Gasteiger partial charge in [0.25, 0.3) is 0 Å². The van der Waals surface area contributed by atoms with Crippen LogP contribution in [-0.4, -0.2) is 50.4 Å².